The van der Waals surface area contributed by atoms with Crippen molar-refractivity contribution in [3.63, 3.8) is 0 Å². The first-order valence-corrected chi connectivity index (χ1v) is 8.83. The van der Waals surface area contributed by atoms with Gasteiger partial charge in [-0.15, -0.1) is 0 Å². The Bertz CT molecular complexity index is 354. The lowest BCUT2D eigenvalue weighted by Crippen LogP contribution is -2.31. The average molecular weight is 371 g/mol. The quantitative estimate of drug-likeness (QED) is 0.680. The lowest BCUT2D eigenvalue weighted by molar-refractivity contribution is 0.407. The Morgan fingerprint density at radius 3 is 2.53 bits per heavy atom. The van der Waals surface area contributed by atoms with Crippen LogP contribution >= 0.6 is 22.6 Å². The fourth-order valence-electron chi connectivity index (χ4n) is 3.21. The SMILES string of the molecule is CCNC(CCC1CCCC1)Cc1ccc(I)cc1. The van der Waals surface area contributed by atoms with Crippen LogP contribution in [-0.4, -0.2) is 12.6 Å². The van der Waals surface area contributed by atoms with Gasteiger partial charge < -0.3 is 5.32 Å². The van der Waals surface area contributed by atoms with E-state index in [1.165, 1.54) is 54.1 Å². The van der Waals surface area contributed by atoms with E-state index in [0.717, 1.165) is 12.5 Å². The van der Waals surface area contributed by atoms with Crippen molar-refractivity contribution in [3.8, 4) is 0 Å². The van der Waals surface area contributed by atoms with Gasteiger partial charge in [0.25, 0.3) is 0 Å². The van der Waals surface area contributed by atoms with Gasteiger partial charge in [0.05, 0.1) is 0 Å². The monoisotopic (exact) mass is 371 g/mol. The number of benzene rings is 1. The molecule has 0 radical (unpaired) electrons. The van der Waals surface area contributed by atoms with E-state index >= 15 is 0 Å². The van der Waals surface area contributed by atoms with Gasteiger partial charge in [0.15, 0.2) is 0 Å². The molecule has 0 spiro atoms. The smallest absolute Gasteiger partial charge is 0.0130 e. The summed E-state index contributed by atoms with van der Waals surface area (Å²) in [4.78, 5) is 0. The van der Waals surface area contributed by atoms with E-state index in [0.29, 0.717) is 6.04 Å². The van der Waals surface area contributed by atoms with Crippen molar-refractivity contribution in [3.05, 3.63) is 33.4 Å². The molecule has 1 aromatic rings. The Balaban J connectivity index is 1.82. The highest BCUT2D eigenvalue weighted by molar-refractivity contribution is 14.1. The Labute approximate surface area is 131 Å². The highest BCUT2D eigenvalue weighted by Crippen LogP contribution is 2.29. The zero-order valence-electron chi connectivity index (χ0n) is 12.0. The number of rotatable bonds is 7. The number of halogens is 1. The van der Waals surface area contributed by atoms with E-state index in [-0.39, 0.29) is 0 Å². The second-order valence-corrected chi connectivity index (χ2v) is 7.06. The molecule has 1 saturated carbocycles. The lowest BCUT2D eigenvalue weighted by Gasteiger charge is -2.20. The number of nitrogens with one attached hydrogen (secondary N) is 1. The second-order valence-electron chi connectivity index (χ2n) is 5.81. The van der Waals surface area contributed by atoms with Crippen LogP contribution in [0, 0.1) is 9.49 Å². The summed E-state index contributed by atoms with van der Waals surface area (Å²) in [6, 6.07) is 9.65. The topological polar surface area (TPSA) is 12.0 Å². The van der Waals surface area contributed by atoms with Crippen LogP contribution in [0.25, 0.3) is 0 Å². The third kappa shape index (κ3) is 5.42. The molecule has 0 bridgehead atoms. The Hall–Kier alpha value is -0.0900. The van der Waals surface area contributed by atoms with Gasteiger partial charge in [-0.2, -0.15) is 0 Å². The minimum absolute atomic E-state index is 0.658. The second kappa shape index (κ2) is 8.25. The van der Waals surface area contributed by atoms with Gasteiger partial charge >= 0.3 is 0 Å². The molecule has 1 aliphatic carbocycles. The predicted octanol–water partition coefficient (Wildman–Crippen LogP) is 4.78. The largest absolute Gasteiger partial charge is 0.314 e. The molecule has 0 aliphatic heterocycles. The maximum atomic E-state index is 3.67. The predicted molar refractivity (Wildman–Crippen MR) is 91.5 cm³/mol. The van der Waals surface area contributed by atoms with Crippen LogP contribution in [0.5, 0.6) is 0 Å². The van der Waals surface area contributed by atoms with E-state index in [2.05, 4.69) is 59.1 Å². The molecule has 106 valence electrons. The Morgan fingerprint density at radius 2 is 1.89 bits per heavy atom. The summed E-state index contributed by atoms with van der Waals surface area (Å²) in [6.45, 7) is 3.30. The van der Waals surface area contributed by atoms with Crippen LogP contribution in [0.4, 0.5) is 0 Å². The van der Waals surface area contributed by atoms with Gasteiger partial charge in [-0.1, -0.05) is 44.7 Å². The van der Waals surface area contributed by atoms with E-state index in [9.17, 15) is 0 Å². The highest BCUT2D eigenvalue weighted by Gasteiger charge is 2.17. The molecule has 0 aromatic heterocycles. The van der Waals surface area contributed by atoms with Crippen molar-refractivity contribution in [2.45, 2.75) is 57.9 Å². The van der Waals surface area contributed by atoms with E-state index in [1.807, 2.05) is 0 Å². The molecular weight excluding hydrogens is 345 g/mol. The third-order valence-electron chi connectivity index (χ3n) is 4.29. The Kier molecular flexibility index (Phi) is 6.65. The van der Waals surface area contributed by atoms with E-state index in [1.54, 1.807) is 0 Å². The molecule has 1 nitrogen and oxygen atoms in total. The van der Waals surface area contributed by atoms with Crippen molar-refractivity contribution in [2.75, 3.05) is 6.54 Å². The van der Waals surface area contributed by atoms with E-state index in [4.69, 9.17) is 0 Å². The van der Waals surface area contributed by atoms with Gasteiger partial charge in [0.2, 0.25) is 0 Å². The first kappa shape index (κ1) is 15.3. The summed E-state index contributed by atoms with van der Waals surface area (Å²) in [5.74, 6) is 1.01. The molecule has 1 fully saturated rings. The first-order valence-electron chi connectivity index (χ1n) is 7.75. The molecule has 1 unspecified atom stereocenters. The lowest BCUT2D eigenvalue weighted by atomic mass is 9.95. The van der Waals surface area contributed by atoms with Gasteiger partial charge in [0, 0.05) is 9.61 Å². The van der Waals surface area contributed by atoms with Crippen LogP contribution in [-0.2, 0) is 6.42 Å². The Morgan fingerprint density at radius 1 is 1.21 bits per heavy atom. The maximum Gasteiger partial charge on any atom is 0.0130 e. The molecular formula is C17H26IN. The summed E-state index contributed by atoms with van der Waals surface area (Å²) < 4.78 is 1.33. The van der Waals surface area contributed by atoms with Gasteiger partial charge in [0.1, 0.15) is 0 Å². The highest BCUT2D eigenvalue weighted by atomic mass is 127. The van der Waals surface area contributed by atoms with Crippen LogP contribution in [0.15, 0.2) is 24.3 Å². The molecule has 0 saturated heterocycles. The van der Waals surface area contributed by atoms with Crippen molar-refractivity contribution >= 4 is 22.6 Å². The molecule has 1 N–H and O–H groups in total. The maximum absolute atomic E-state index is 3.67. The van der Waals surface area contributed by atoms with Crippen LogP contribution in [0.2, 0.25) is 0 Å². The molecule has 1 aromatic carbocycles. The minimum Gasteiger partial charge on any atom is -0.314 e. The van der Waals surface area contributed by atoms with E-state index < -0.39 is 0 Å². The summed E-state index contributed by atoms with van der Waals surface area (Å²) in [5, 5.41) is 3.67. The van der Waals surface area contributed by atoms with Crippen LogP contribution in [0.1, 0.15) is 51.0 Å². The molecule has 0 heterocycles. The summed E-state index contributed by atoms with van der Waals surface area (Å²) in [6.07, 6.45) is 9.82. The summed E-state index contributed by atoms with van der Waals surface area (Å²) >= 11 is 2.37. The normalized spacial score (nSPS) is 17.8. The average Bonchev–Trinajstić information content (AvgIpc) is 2.92. The zero-order chi connectivity index (χ0) is 13.5. The van der Waals surface area contributed by atoms with Crippen molar-refractivity contribution in [1.82, 2.24) is 5.32 Å². The van der Waals surface area contributed by atoms with Gasteiger partial charge in [-0.05, 0) is 72.0 Å². The molecule has 0 amide bonds. The van der Waals surface area contributed by atoms with Crippen molar-refractivity contribution in [2.24, 2.45) is 5.92 Å². The van der Waals surface area contributed by atoms with Gasteiger partial charge in [-0.25, -0.2) is 0 Å². The fourth-order valence-corrected chi connectivity index (χ4v) is 3.57. The number of likely N-dealkylation sites (N-methyl/N-ethyl adjacent to an activating group) is 1. The zero-order valence-corrected chi connectivity index (χ0v) is 14.2. The molecule has 2 heteroatoms. The van der Waals surface area contributed by atoms with Crippen LogP contribution in [0.3, 0.4) is 0 Å². The molecule has 19 heavy (non-hydrogen) atoms. The standard InChI is InChI=1S/C17H26IN/c1-2-19-17(12-9-14-5-3-4-6-14)13-15-7-10-16(18)11-8-15/h7-8,10-11,14,17,19H,2-6,9,12-13H2,1H3. The first-order chi connectivity index (χ1) is 9.28. The number of hydrogen-bond donors (Lipinski definition) is 1. The number of hydrogen-bond acceptors (Lipinski definition) is 1. The molecule has 1 atom stereocenters. The summed E-state index contributed by atoms with van der Waals surface area (Å²) in [5.41, 5.74) is 1.47. The van der Waals surface area contributed by atoms with Gasteiger partial charge in [-0.3, -0.25) is 0 Å². The van der Waals surface area contributed by atoms with Crippen molar-refractivity contribution in [1.29, 1.82) is 0 Å². The van der Waals surface area contributed by atoms with Crippen LogP contribution < -0.4 is 5.32 Å². The molecule has 1 aliphatic rings. The minimum atomic E-state index is 0.658. The summed E-state index contributed by atoms with van der Waals surface area (Å²) in [7, 11) is 0. The van der Waals surface area contributed by atoms with Crippen molar-refractivity contribution < 1.29 is 0 Å². The molecule has 2 rings (SSSR count). The fraction of sp³-hybridized carbons (Fsp3) is 0.647. The third-order valence-corrected chi connectivity index (χ3v) is 5.01.